The second kappa shape index (κ2) is 7.09. The molecule has 0 aliphatic carbocycles. The second-order valence-electron chi connectivity index (χ2n) is 7.95. The van der Waals surface area contributed by atoms with Crippen molar-refractivity contribution in [3.8, 4) is 0 Å². The first-order chi connectivity index (χ1) is 12.6. The molecule has 0 radical (unpaired) electrons. The van der Waals surface area contributed by atoms with Gasteiger partial charge < -0.3 is 19.5 Å². The second-order valence-corrected chi connectivity index (χ2v) is 7.95. The number of amides is 3. The fourth-order valence-corrected chi connectivity index (χ4v) is 3.13. The van der Waals surface area contributed by atoms with E-state index in [1.54, 1.807) is 29.0 Å². The highest BCUT2D eigenvalue weighted by Crippen LogP contribution is 2.16. The van der Waals surface area contributed by atoms with Crippen LogP contribution in [-0.4, -0.2) is 58.0 Å². The number of urea groups is 1. The molecule has 8 heteroatoms. The van der Waals surface area contributed by atoms with Gasteiger partial charge in [0.2, 0.25) is 5.91 Å². The Morgan fingerprint density at radius 3 is 2.37 bits per heavy atom. The third kappa shape index (κ3) is 4.32. The molecule has 3 rings (SSSR count). The van der Waals surface area contributed by atoms with Gasteiger partial charge in [0.05, 0.1) is 11.9 Å². The van der Waals surface area contributed by atoms with Gasteiger partial charge in [-0.1, -0.05) is 6.07 Å². The van der Waals surface area contributed by atoms with Gasteiger partial charge in [0.1, 0.15) is 0 Å². The summed E-state index contributed by atoms with van der Waals surface area (Å²) < 4.78 is 6.54. The van der Waals surface area contributed by atoms with Gasteiger partial charge in [0, 0.05) is 38.8 Å². The van der Waals surface area contributed by atoms with E-state index in [1.165, 1.54) is 4.57 Å². The van der Waals surface area contributed by atoms with Gasteiger partial charge in [-0.3, -0.25) is 9.36 Å². The number of aryl methyl sites for hydroxylation is 1. The number of hydrogen-bond acceptors (Lipinski definition) is 4. The zero-order valence-electron chi connectivity index (χ0n) is 16.2. The number of nitrogens with one attached hydrogen (secondary N) is 1. The molecule has 8 nitrogen and oxygen atoms in total. The van der Waals surface area contributed by atoms with Crippen LogP contribution in [0.4, 0.5) is 4.79 Å². The van der Waals surface area contributed by atoms with Crippen molar-refractivity contribution in [2.75, 3.05) is 26.2 Å². The van der Waals surface area contributed by atoms with Crippen LogP contribution in [0, 0.1) is 0 Å². The summed E-state index contributed by atoms with van der Waals surface area (Å²) in [5.41, 5.74) is 1.73. The Labute approximate surface area is 157 Å². The van der Waals surface area contributed by atoms with Gasteiger partial charge in [-0.2, -0.15) is 0 Å². The third-order valence-electron chi connectivity index (χ3n) is 4.61. The lowest BCUT2D eigenvalue weighted by Crippen LogP contribution is -2.56. The van der Waals surface area contributed by atoms with Crippen molar-refractivity contribution >= 4 is 23.0 Å². The highest BCUT2D eigenvalue weighted by molar-refractivity contribution is 5.82. The van der Waals surface area contributed by atoms with Gasteiger partial charge in [-0.25, -0.2) is 9.59 Å². The fraction of sp³-hybridized carbons (Fsp3) is 0.526. The maximum atomic E-state index is 12.6. The maximum absolute atomic E-state index is 12.6. The largest absolute Gasteiger partial charge is 0.419 e. The van der Waals surface area contributed by atoms with Crippen molar-refractivity contribution in [2.24, 2.45) is 7.05 Å². The number of fused-ring (bicyclic) bond motifs is 1. The summed E-state index contributed by atoms with van der Waals surface area (Å²) in [5, 5.41) is 2.94. The quantitative estimate of drug-likeness (QED) is 0.859. The summed E-state index contributed by atoms with van der Waals surface area (Å²) >= 11 is 0. The predicted octanol–water partition coefficient (Wildman–Crippen LogP) is 1.33. The summed E-state index contributed by atoms with van der Waals surface area (Å²) in [6.07, 6.45) is 0.253. The highest BCUT2D eigenvalue weighted by Gasteiger charge is 2.26. The first-order valence-electron chi connectivity index (χ1n) is 9.07. The minimum atomic E-state index is -0.418. The number of nitrogens with zero attached hydrogens (tertiary/aromatic N) is 3. The number of oxazole rings is 1. The number of piperazine rings is 1. The molecule has 2 heterocycles. The summed E-state index contributed by atoms with van der Waals surface area (Å²) in [6.45, 7) is 7.89. The molecule has 1 aliphatic rings. The minimum absolute atomic E-state index is 0.0127. The molecule has 1 N–H and O–H groups in total. The molecule has 0 spiro atoms. The topological polar surface area (TPSA) is 87.8 Å². The van der Waals surface area contributed by atoms with Gasteiger partial charge in [0.15, 0.2) is 5.58 Å². The average Bonchev–Trinajstić information content (AvgIpc) is 2.88. The molecule has 1 aliphatic heterocycles. The van der Waals surface area contributed by atoms with Crippen LogP contribution in [0.3, 0.4) is 0 Å². The minimum Gasteiger partial charge on any atom is -0.408 e. The molecule has 2 aromatic rings. The molecule has 3 amide bonds. The Hall–Kier alpha value is -2.77. The van der Waals surface area contributed by atoms with E-state index in [0.29, 0.717) is 37.3 Å². The van der Waals surface area contributed by atoms with Crippen molar-refractivity contribution in [1.29, 1.82) is 0 Å². The molecule has 1 saturated heterocycles. The average molecular weight is 374 g/mol. The molecule has 0 atom stereocenters. The molecule has 1 aromatic heterocycles. The lowest BCUT2D eigenvalue weighted by atomic mass is 10.1. The van der Waals surface area contributed by atoms with Gasteiger partial charge in [-0.15, -0.1) is 0 Å². The van der Waals surface area contributed by atoms with E-state index < -0.39 is 5.76 Å². The van der Waals surface area contributed by atoms with Crippen LogP contribution in [0.5, 0.6) is 0 Å². The third-order valence-corrected chi connectivity index (χ3v) is 4.61. The van der Waals surface area contributed by atoms with E-state index in [2.05, 4.69) is 5.32 Å². The van der Waals surface area contributed by atoms with Crippen LogP contribution >= 0.6 is 0 Å². The zero-order chi connectivity index (χ0) is 19.8. The first-order valence-corrected chi connectivity index (χ1v) is 9.07. The number of carbonyl (C=O) groups is 2. The van der Waals surface area contributed by atoms with Crippen LogP contribution in [-0.2, 0) is 18.3 Å². The van der Waals surface area contributed by atoms with Crippen LogP contribution in [0.2, 0.25) is 0 Å². The molecular formula is C19H26N4O4. The molecular weight excluding hydrogens is 348 g/mol. The first kappa shape index (κ1) is 19.0. The maximum Gasteiger partial charge on any atom is 0.419 e. The van der Waals surface area contributed by atoms with E-state index in [0.717, 1.165) is 5.56 Å². The lowest BCUT2D eigenvalue weighted by Gasteiger charge is -2.36. The molecule has 1 fully saturated rings. The normalized spacial score (nSPS) is 15.3. The Balaban J connectivity index is 1.59. The van der Waals surface area contributed by atoms with Crippen molar-refractivity contribution in [1.82, 2.24) is 19.7 Å². The van der Waals surface area contributed by atoms with E-state index in [1.807, 2.05) is 26.8 Å². The van der Waals surface area contributed by atoms with Crippen LogP contribution in [0.15, 0.2) is 27.4 Å². The van der Waals surface area contributed by atoms with Crippen molar-refractivity contribution < 1.29 is 14.0 Å². The fourth-order valence-electron chi connectivity index (χ4n) is 3.13. The standard InChI is InChI=1S/C19H26N4O4/c1-19(2,3)20-17(25)23-9-7-22(8-10-23)16(24)12-13-5-6-15-14(11-13)21(4)18(26)27-15/h5-6,11H,7-10,12H2,1-4H3,(H,20,25). The predicted molar refractivity (Wildman–Crippen MR) is 102 cm³/mol. The number of aromatic nitrogens is 1. The smallest absolute Gasteiger partial charge is 0.408 e. The van der Waals surface area contributed by atoms with Crippen LogP contribution in [0.25, 0.3) is 11.1 Å². The van der Waals surface area contributed by atoms with Gasteiger partial charge >= 0.3 is 11.8 Å². The van der Waals surface area contributed by atoms with Gasteiger partial charge in [0.25, 0.3) is 0 Å². The number of carbonyl (C=O) groups excluding carboxylic acids is 2. The molecule has 0 bridgehead atoms. The van der Waals surface area contributed by atoms with Gasteiger partial charge in [-0.05, 0) is 38.5 Å². The van der Waals surface area contributed by atoms with Crippen molar-refractivity contribution in [2.45, 2.75) is 32.7 Å². The summed E-state index contributed by atoms with van der Waals surface area (Å²) in [4.78, 5) is 39.9. The molecule has 1 aromatic carbocycles. The van der Waals surface area contributed by atoms with Crippen molar-refractivity contribution in [3.05, 3.63) is 34.3 Å². The number of hydrogen-bond donors (Lipinski definition) is 1. The van der Waals surface area contributed by atoms with Crippen LogP contribution < -0.4 is 11.1 Å². The van der Waals surface area contributed by atoms with E-state index in [9.17, 15) is 14.4 Å². The lowest BCUT2D eigenvalue weighted by molar-refractivity contribution is -0.131. The van der Waals surface area contributed by atoms with E-state index in [-0.39, 0.29) is 23.9 Å². The number of benzene rings is 1. The van der Waals surface area contributed by atoms with E-state index in [4.69, 9.17) is 4.42 Å². The summed E-state index contributed by atoms with van der Waals surface area (Å²) in [6, 6.07) is 5.23. The number of rotatable bonds is 2. The van der Waals surface area contributed by atoms with E-state index >= 15 is 0 Å². The molecule has 0 unspecified atom stereocenters. The Bertz CT molecular complexity index is 914. The monoisotopic (exact) mass is 374 g/mol. The Kier molecular flexibility index (Phi) is 4.99. The molecule has 146 valence electrons. The zero-order valence-corrected chi connectivity index (χ0v) is 16.2. The van der Waals surface area contributed by atoms with Crippen LogP contribution in [0.1, 0.15) is 26.3 Å². The Morgan fingerprint density at radius 2 is 1.74 bits per heavy atom. The summed E-state index contributed by atoms with van der Waals surface area (Å²) in [5.74, 6) is -0.406. The summed E-state index contributed by atoms with van der Waals surface area (Å²) in [7, 11) is 1.64. The van der Waals surface area contributed by atoms with Crippen molar-refractivity contribution in [3.63, 3.8) is 0 Å². The highest BCUT2D eigenvalue weighted by atomic mass is 16.4. The molecule has 27 heavy (non-hydrogen) atoms. The molecule has 0 saturated carbocycles. The SMILES string of the molecule is Cn1c(=O)oc2ccc(CC(=O)N3CCN(C(=O)NC(C)(C)C)CC3)cc21. The Morgan fingerprint density at radius 1 is 1.11 bits per heavy atom.